The lowest BCUT2D eigenvalue weighted by Crippen LogP contribution is -2.45. The third-order valence-corrected chi connectivity index (χ3v) is 6.88. The molecule has 6 nitrogen and oxygen atoms in total. The second-order valence-corrected chi connectivity index (χ2v) is 9.47. The highest BCUT2D eigenvalue weighted by molar-refractivity contribution is 7.91. The fourth-order valence-electron chi connectivity index (χ4n) is 3.71. The number of aryl methyl sites for hydroxylation is 1. The van der Waals surface area contributed by atoms with Gasteiger partial charge in [0.1, 0.15) is 0 Å². The number of hydrogen-bond donors (Lipinski definition) is 0. The van der Waals surface area contributed by atoms with Crippen LogP contribution in [0.15, 0.2) is 53.5 Å². The Balaban J connectivity index is 1.74. The molecule has 0 aromatic heterocycles. The molecule has 0 bridgehead atoms. The largest absolute Gasteiger partial charge is 0.292 e. The fourth-order valence-corrected chi connectivity index (χ4v) is 5.35. The molecule has 144 valence electrons. The number of rotatable bonds is 3. The maximum Gasteiger partial charge on any atom is 0.265 e. The first-order valence-electron chi connectivity index (χ1n) is 9.13. The average Bonchev–Trinajstić information content (AvgIpc) is 3.01. The molecule has 28 heavy (non-hydrogen) atoms. The number of imide groups is 1. The number of nitrogens with zero attached hydrogens (tertiary/aromatic N) is 2. The minimum atomic E-state index is -3.05. The number of fused-ring (bicyclic) bond motifs is 1. The van der Waals surface area contributed by atoms with Gasteiger partial charge < -0.3 is 0 Å². The van der Waals surface area contributed by atoms with Gasteiger partial charge in [0, 0.05) is 11.8 Å². The molecule has 2 aromatic carbocycles. The van der Waals surface area contributed by atoms with Crippen molar-refractivity contribution in [3.05, 3.63) is 65.2 Å². The Hall–Kier alpha value is -2.80. The van der Waals surface area contributed by atoms with E-state index in [0.29, 0.717) is 23.2 Å². The van der Waals surface area contributed by atoms with Crippen molar-refractivity contribution < 1.29 is 18.0 Å². The number of anilines is 1. The van der Waals surface area contributed by atoms with Crippen molar-refractivity contribution in [3.8, 4) is 0 Å². The highest BCUT2D eigenvalue weighted by atomic mass is 32.2. The van der Waals surface area contributed by atoms with Gasteiger partial charge in [0.15, 0.2) is 9.84 Å². The van der Waals surface area contributed by atoms with Crippen molar-refractivity contribution in [1.29, 1.82) is 0 Å². The molecule has 2 aliphatic heterocycles. The average molecular weight is 396 g/mol. The molecular weight excluding hydrogens is 376 g/mol. The summed E-state index contributed by atoms with van der Waals surface area (Å²) in [7, 11) is -3.05. The van der Waals surface area contributed by atoms with E-state index in [2.05, 4.69) is 4.99 Å². The second-order valence-electron chi connectivity index (χ2n) is 7.24. The van der Waals surface area contributed by atoms with Crippen molar-refractivity contribution in [1.82, 2.24) is 0 Å². The lowest BCUT2D eigenvalue weighted by atomic mass is 9.88. The third kappa shape index (κ3) is 3.38. The number of sulfone groups is 1. The van der Waals surface area contributed by atoms with E-state index >= 15 is 0 Å². The van der Waals surface area contributed by atoms with Crippen LogP contribution in [0.4, 0.5) is 5.69 Å². The van der Waals surface area contributed by atoms with Crippen molar-refractivity contribution in [3.63, 3.8) is 0 Å². The SMILES string of the molecule is Cc1cccc(N2C(=O)c3ccccc3[C@@H](C=N[C@H]3CCS(=O)(=O)C3)C2=O)c1. The maximum absolute atomic E-state index is 13.2. The molecule has 1 saturated heterocycles. The maximum atomic E-state index is 13.2. The van der Waals surface area contributed by atoms with E-state index in [9.17, 15) is 18.0 Å². The molecule has 7 heteroatoms. The summed E-state index contributed by atoms with van der Waals surface area (Å²) in [6, 6.07) is 13.9. The van der Waals surface area contributed by atoms with Crippen LogP contribution in [0.2, 0.25) is 0 Å². The van der Waals surface area contributed by atoms with Gasteiger partial charge in [-0.15, -0.1) is 0 Å². The standard InChI is InChI=1S/C21H20N2O4S/c1-14-5-4-6-16(11-14)23-20(24)18-8-3-2-7-17(18)19(21(23)25)12-22-15-9-10-28(26,27)13-15/h2-8,11-12,15,19H,9-10,13H2,1H3/t15-,19+/m0/s1. The molecule has 2 aromatic rings. The first-order chi connectivity index (χ1) is 13.4. The molecule has 0 saturated carbocycles. The third-order valence-electron chi connectivity index (χ3n) is 5.13. The van der Waals surface area contributed by atoms with Crippen LogP contribution in [-0.4, -0.2) is 44.0 Å². The number of hydrogen-bond acceptors (Lipinski definition) is 5. The topological polar surface area (TPSA) is 83.9 Å². The van der Waals surface area contributed by atoms with E-state index in [0.717, 1.165) is 5.56 Å². The number of aliphatic imine (C=N–C) groups is 1. The minimum Gasteiger partial charge on any atom is -0.292 e. The van der Waals surface area contributed by atoms with Gasteiger partial charge in [-0.05, 0) is 42.7 Å². The summed E-state index contributed by atoms with van der Waals surface area (Å²) in [5, 5.41) is 0. The van der Waals surface area contributed by atoms with Crippen molar-refractivity contribution in [2.24, 2.45) is 4.99 Å². The monoisotopic (exact) mass is 396 g/mol. The fraction of sp³-hybridized carbons (Fsp3) is 0.286. The Bertz CT molecular complexity index is 1090. The zero-order valence-corrected chi connectivity index (χ0v) is 16.2. The van der Waals surface area contributed by atoms with E-state index < -0.39 is 15.8 Å². The molecule has 0 unspecified atom stereocenters. The molecular formula is C21H20N2O4S. The molecule has 0 radical (unpaired) electrons. The van der Waals surface area contributed by atoms with E-state index in [1.54, 1.807) is 42.5 Å². The molecule has 2 heterocycles. The van der Waals surface area contributed by atoms with E-state index in [4.69, 9.17) is 0 Å². The molecule has 2 atom stereocenters. The Kier molecular flexibility index (Phi) is 4.63. The van der Waals surface area contributed by atoms with E-state index in [1.165, 1.54) is 11.1 Å². The Morgan fingerprint density at radius 3 is 2.61 bits per heavy atom. The summed E-state index contributed by atoms with van der Waals surface area (Å²) in [6.07, 6.45) is 1.98. The molecule has 1 fully saturated rings. The summed E-state index contributed by atoms with van der Waals surface area (Å²) in [6.45, 7) is 1.90. The van der Waals surface area contributed by atoms with Crippen LogP contribution in [0.3, 0.4) is 0 Å². The molecule has 2 aliphatic rings. The van der Waals surface area contributed by atoms with E-state index in [1.807, 2.05) is 13.0 Å². The normalized spacial score (nSPS) is 24.0. The van der Waals surface area contributed by atoms with Gasteiger partial charge >= 0.3 is 0 Å². The molecule has 0 spiro atoms. The Morgan fingerprint density at radius 2 is 1.89 bits per heavy atom. The van der Waals surface area contributed by atoms with Gasteiger partial charge in [-0.3, -0.25) is 14.6 Å². The predicted molar refractivity (Wildman–Crippen MR) is 108 cm³/mol. The lowest BCUT2D eigenvalue weighted by Gasteiger charge is -2.31. The summed E-state index contributed by atoms with van der Waals surface area (Å²) in [5.74, 6) is -1.33. The summed E-state index contributed by atoms with van der Waals surface area (Å²) in [4.78, 5) is 31.8. The van der Waals surface area contributed by atoms with Gasteiger partial charge in [-0.25, -0.2) is 13.3 Å². The van der Waals surface area contributed by atoms with Crippen LogP contribution in [0.5, 0.6) is 0 Å². The molecule has 0 N–H and O–H groups in total. The number of amides is 2. The minimum absolute atomic E-state index is 0.00653. The zero-order valence-electron chi connectivity index (χ0n) is 15.4. The van der Waals surface area contributed by atoms with Gasteiger partial charge in [0.2, 0.25) is 5.91 Å². The lowest BCUT2D eigenvalue weighted by molar-refractivity contribution is -0.118. The van der Waals surface area contributed by atoms with Crippen LogP contribution in [0.25, 0.3) is 0 Å². The van der Waals surface area contributed by atoms with Crippen LogP contribution in [0, 0.1) is 6.92 Å². The van der Waals surface area contributed by atoms with Crippen molar-refractivity contribution >= 4 is 33.6 Å². The Labute approximate surface area is 163 Å². The zero-order chi connectivity index (χ0) is 19.9. The predicted octanol–water partition coefficient (Wildman–Crippen LogP) is 2.52. The van der Waals surface area contributed by atoms with Gasteiger partial charge in [0.05, 0.1) is 29.2 Å². The number of carbonyl (C=O) groups is 2. The van der Waals surface area contributed by atoms with Crippen molar-refractivity contribution in [2.45, 2.75) is 25.3 Å². The van der Waals surface area contributed by atoms with Crippen LogP contribution in [0.1, 0.15) is 33.8 Å². The second kappa shape index (κ2) is 6.98. The van der Waals surface area contributed by atoms with Crippen molar-refractivity contribution in [2.75, 3.05) is 16.4 Å². The van der Waals surface area contributed by atoms with Crippen LogP contribution < -0.4 is 4.90 Å². The highest BCUT2D eigenvalue weighted by Crippen LogP contribution is 2.32. The first-order valence-corrected chi connectivity index (χ1v) is 11.0. The summed E-state index contributed by atoms with van der Waals surface area (Å²) >= 11 is 0. The Morgan fingerprint density at radius 1 is 1.11 bits per heavy atom. The number of benzene rings is 2. The van der Waals surface area contributed by atoms with Crippen LogP contribution >= 0.6 is 0 Å². The van der Waals surface area contributed by atoms with Gasteiger partial charge in [0.25, 0.3) is 5.91 Å². The summed E-state index contributed by atoms with van der Waals surface area (Å²) in [5.41, 5.74) is 2.52. The van der Waals surface area contributed by atoms with Crippen LogP contribution in [-0.2, 0) is 14.6 Å². The summed E-state index contributed by atoms with van der Waals surface area (Å²) < 4.78 is 23.3. The smallest absolute Gasteiger partial charge is 0.265 e. The van der Waals surface area contributed by atoms with Gasteiger partial charge in [-0.2, -0.15) is 0 Å². The number of carbonyl (C=O) groups excluding carboxylic acids is 2. The highest BCUT2D eigenvalue weighted by Gasteiger charge is 2.39. The molecule has 0 aliphatic carbocycles. The van der Waals surface area contributed by atoms with E-state index in [-0.39, 0.29) is 29.4 Å². The molecule has 2 amide bonds. The molecule has 4 rings (SSSR count). The quantitative estimate of drug-likeness (QED) is 0.590. The van der Waals surface area contributed by atoms with Gasteiger partial charge in [-0.1, -0.05) is 30.3 Å². The first kappa shape index (κ1) is 18.6.